The first-order valence-electron chi connectivity index (χ1n) is 12.8. The second-order valence-electron chi connectivity index (χ2n) is 9.76. The fraction of sp³-hybridized carbons (Fsp3) is 0.200. The molecule has 10 nitrogen and oxygen atoms in total. The van der Waals surface area contributed by atoms with Gasteiger partial charge in [-0.25, -0.2) is 9.69 Å². The van der Waals surface area contributed by atoms with E-state index in [-0.39, 0.29) is 21.8 Å². The van der Waals surface area contributed by atoms with E-state index >= 15 is 0 Å². The predicted molar refractivity (Wildman–Crippen MR) is 153 cm³/mol. The molecule has 1 N–H and O–H groups in total. The number of nitrogens with one attached hydrogen (secondary N) is 1. The quantitative estimate of drug-likeness (QED) is 0.212. The van der Waals surface area contributed by atoms with Crippen molar-refractivity contribution < 1.29 is 28.7 Å². The first kappa shape index (κ1) is 27.7. The molecule has 0 radical (unpaired) electrons. The lowest BCUT2D eigenvalue weighted by Crippen LogP contribution is -2.29. The monoisotopic (exact) mass is 570 g/mol. The number of rotatable bonds is 8. The summed E-state index contributed by atoms with van der Waals surface area (Å²) in [5, 5.41) is 11.1. The zero-order valence-corrected chi connectivity index (χ0v) is 23.6. The Morgan fingerprint density at radius 3 is 2.34 bits per heavy atom. The van der Waals surface area contributed by atoms with Gasteiger partial charge in [-0.3, -0.25) is 14.4 Å². The molecule has 0 spiro atoms. The number of carbonyl (C=O) groups excluding carboxylic acids is 4. The maximum Gasteiger partial charge on any atom is 0.338 e. The Morgan fingerprint density at radius 1 is 0.927 bits per heavy atom. The summed E-state index contributed by atoms with van der Waals surface area (Å²) >= 11 is 1.11. The Kier molecular flexibility index (Phi) is 7.62. The molecule has 4 aromatic rings. The average Bonchev–Trinajstić information content (AvgIpc) is 3.47. The van der Waals surface area contributed by atoms with Crippen LogP contribution in [0.15, 0.2) is 60.7 Å². The Bertz CT molecular complexity index is 1680. The number of hydrogen-bond donors (Lipinski definition) is 1. The molecule has 0 unspecified atom stereocenters. The summed E-state index contributed by atoms with van der Waals surface area (Å²) in [4.78, 5) is 51.6. The number of amides is 3. The largest absolute Gasteiger partial charge is 0.457 e. The van der Waals surface area contributed by atoms with Gasteiger partial charge < -0.3 is 14.8 Å². The van der Waals surface area contributed by atoms with Gasteiger partial charge in [0.15, 0.2) is 6.61 Å². The van der Waals surface area contributed by atoms with E-state index in [2.05, 4.69) is 41.5 Å². The van der Waals surface area contributed by atoms with E-state index in [1.807, 2.05) is 13.0 Å². The van der Waals surface area contributed by atoms with E-state index in [0.29, 0.717) is 22.4 Å². The summed E-state index contributed by atoms with van der Waals surface area (Å²) in [5.41, 5.74) is 2.92. The van der Waals surface area contributed by atoms with Crippen LogP contribution in [0.25, 0.3) is 0 Å². The molecule has 2 heterocycles. The van der Waals surface area contributed by atoms with Crippen LogP contribution in [0.3, 0.4) is 0 Å². The van der Waals surface area contributed by atoms with Crippen molar-refractivity contribution in [2.45, 2.75) is 33.6 Å². The molecule has 0 bridgehead atoms. The molecule has 0 saturated carbocycles. The summed E-state index contributed by atoms with van der Waals surface area (Å²) in [6, 6.07) is 17.0. The number of fused-ring (bicyclic) bond motifs is 1. The third kappa shape index (κ3) is 5.85. The third-order valence-electron chi connectivity index (χ3n) is 6.32. The molecule has 3 aromatic carbocycles. The highest BCUT2D eigenvalue weighted by Crippen LogP contribution is 2.33. The van der Waals surface area contributed by atoms with Crippen molar-refractivity contribution in [2.24, 2.45) is 0 Å². The first-order valence-corrected chi connectivity index (χ1v) is 13.6. The maximum atomic E-state index is 12.9. The Hall–Kier alpha value is -4.90. The third-order valence-corrected chi connectivity index (χ3v) is 7.14. The first-order chi connectivity index (χ1) is 19.6. The van der Waals surface area contributed by atoms with Gasteiger partial charge in [0.25, 0.3) is 17.7 Å². The van der Waals surface area contributed by atoms with Crippen molar-refractivity contribution in [1.82, 2.24) is 10.2 Å². The number of anilines is 2. The molecule has 5 rings (SSSR count). The summed E-state index contributed by atoms with van der Waals surface area (Å²) in [5.74, 6) is -0.809. The van der Waals surface area contributed by atoms with Crippen LogP contribution in [0.1, 0.15) is 67.0 Å². The second kappa shape index (κ2) is 11.3. The van der Waals surface area contributed by atoms with Gasteiger partial charge in [0.1, 0.15) is 16.5 Å². The molecular weight excluding hydrogens is 544 g/mol. The van der Waals surface area contributed by atoms with Crippen molar-refractivity contribution in [3.63, 3.8) is 0 Å². The number of aryl methyl sites for hydroxylation is 2. The lowest BCUT2D eigenvalue weighted by molar-refractivity contribution is -0.119. The Morgan fingerprint density at radius 2 is 1.66 bits per heavy atom. The SMILES string of the molecule is Cc1ccc(C(C)C)c(Oc2ccc(NC(=O)COC(=O)c3ccc4c(c3)C(=O)N(c3nnc(C)s3)C4=O)cc2)c1. The molecule has 3 amide bonds. The van der Waals surface area contributed by atoms with Crippen LogP contribution in [-0.4, -0.2) is 40.5 Å². The van der Waals surface area contributed by atoms with Crippen molar-refractivity contribution in [2.75, 3.05) is 16.8 Å². The van der Waals surface area contributed by atoms with Gasteiger partial charge in [0.05, 0.1) is 16.7 Å². The van der Waals surface area contributed by atoms with Crippen LogP contribution >= 0.6 is 11.3 Å². The normalized spacial score (nSPS) is 12.5. The summed E-state index contributed by atoms with van der Waals surface area (Å²) < 4.78 is 11.2. The summed E-state index contributed by atoms with van der Waals surface area (Å²) in [6.45, 7) is 7.37. The molecule has 41 heavy (non-hydrogen) atoms. The van der Waals surface area contributed by atoms with Crippen LogP contribution in [-0.2, 0) is 9.53 Å². The van der Waals surface area contributed by atoms with Gasteiger partial charge in [-0.2, -0.15) is 0 Å². The highest BCUT2D eigenvalue weighted by molar-refractivity contribution is 7.15. The van der Waals surface area contributed by atoms with Gasteiger partial charge in [-0.1, -0.05) is 37.3 Å². The van der Waals surface area contributed by atoms with Crippen molar-refractivity contribution in [3.8, 4) is 11.5 Å². The number of ether oxygens (including phenoxy) is 2. The van der Waals surface area contributed by atoms with Crippen LogP contribution < -0.4 is 15.0 Å². The number of imide groups is 1. The summed E-state index contributed by atoms with van der Waals surface area (Å²) in [7, 11) is 0. The molecule has 1 aromatic heterocycles. The number of nitrogens with zero attached hydrogens (tertiary/aromatic N) is 3. The van der Waals surface area contributed by atoms with Gasteiger partial charge >= 0.3 is 5.97 Å². The number of aromatic nitrogens is 2. The topological polar surface area (TPSA) is 128 Å². The molecule has 208 valence electrons. The van der Waals surface area contributed by atoms with Gasteiger partial charge in [0, 0.05) is 5.69 Å². The van der Waals surface area contributed by atoms with E-state index < -0.39 is 30.3 Å². The molecule has 0 aliphatic carbocycles. The number of carbonyl (C=O) groups is 4. The Labute approximate surface area is 239 Å². The van der Waals surface area contributed by atoms with Gasteiger partial charge in [-0.15, -0.1) is 10.2 Å². The second-order valence-corrected chi connectivity index (χ2v) is 10.9. The standard InChI is InChI=1S/C30H26N4O6S/c1-16(2)22-11-5-17(3)13-25(22)40-21-9-7-20(8-10-21)31-26(35)15-39-29(38)19-6-12-23-24(14-19)28(37)34(27(23)36)30-33-32-18(4)41-30/h5-14,16H,15H2,1-4H3,(H,31,35). The fourth-order valence-corrected chi connectivity index (χ4v) is 4.95. The van der Waals surface area contributed by atoms with E-state index in [1.165, 1.54) is 18.2 Å². The van der Waals surface area contributed by atoms with Crippen LogP contribution in [0.4, 0.5) is 10.8 Å². The average molecular weight is 571 g/mol. The zero-order chi connectivity index (χ0) is 29.3. The molecule has 0 saturated heterocycles. The molecule has 0 atom stereocenters. The van der Waals surface area contributed by atoms with E-state index in [4.69, 9.17) is 9.47 Å². The van der Waals surface area contributed by atoms with Crippen molar-refractivity contribution in [3.05, 3.63) is 93.5 Å². The predicted octanol–water partition coefficient (Wildman–Crippen LogP) is 5.67. The molecule has 11 heteroatoms. The number of hydrogen-bond acceptors (Lipinski definition) is 9. The molecule has 0 fully saturated rings. The minimum atomic E-state index is -0.809. The van der Waals surface area contributed by atoms with E-state index in [0.717, 1.165) is 33.1 Å². The van der Waals surface area contributed by atoms with Crippen LogP contribution in [0, 0.1) is 13.8 Å². The van der Waals surface area contributed by atoms with Crippen molar-refractivity contribution >= 4 is 45.8 Å². The highest BCUT2D eigenvalue weighted by atomic mass is 32.1. The van der Waals surface area contributed by atoms with Crippen molar-refractivity contribution in [1.29, 1.82) is 0 Å². The number of benzene rings is 3. The van der Waals surface area contributed by atoms with E-state index in [1.54, 1.807) is 31.2 Å². The number of esters is 1. The van der Waals surface area contributed by atoms with Crippen LogP contribution in [0.2, 0.25) is 0 Å². The minimum absolute atomic E-state index is 0.0337. The minimum Gasteiger partial charge on any atom is -0.457 e. The summed E-state index contributed by atoms with van der Waals surface area (Å²) in [6.07, 6.45) is 0. The molecule has 1 aliphatic rings. The fourth-order valence-electron chi connectivity index (χ4n) is 4.27. The molecule has 1 aliphatic heterocycles. The highest BCUT2D eigenvalue weighted by Gasteiger charge is 2.39. The van der Waals surface area contributed by atoms with E-state index in [9.17, 15) is 19.2 Å². The zero-order valence-electron chi connectivity index (χ0n) is 22.8. The van der Waals surface area contributed by atoms with Crippen LogP contribution in [0.5, 0.6) is 11.5 Å². The molecular formula is C30H26N4O6S. The maximum absolute atomic E-state index is 12.9. The smallest absolute Gasteiger partial charge is 0.338 e. The van der Waals surface area contributed by atoms with Gasteiger partial charge in [-0.05, 0) is 79.4 Å². The van der Waals surface area contributed by atoms with Gasteiger partial charge in [0.2, 0.25) is 5.13 Å². The lowest BCUT2D eigenvalue weighted by Gasteiger charge is -2.15. The lowest BCUT2D eigenvalue weighted by atomic mass is 10.0. The Balaban J connectivity index is 1.18.